The fourth-order valence-corrected chi connectivity index (χ4v) is 2.92. The molecule has 0 amide bonds. The smallest absolute Gasteiger partial charge is 0.149 e. The summed E-state index contributed by atoms with van der Waals surface area (Å²) >= 11 is 0. The second-order valence-corrected chi connectivity index (χ2v) is 7.29. The van der Waals surface area contributed by atoms with Gasteiger partial charge in [-0.1, -0.05) is 0 Å². The highest BCUT2D eigenvalue weighted by atomic mass is 19.1. The summed E-state index contributed by atoms with van der Waals surface area (Å²) in [6.45, 7) is 0.721. The summed E-state index contributed by atoms with van der Waals surface area (Å²) in [7, 11) is 5.41. The molecule has 0 saturated carbocycles. The van der Waals surface area contributed by atoms with E-state index in [0.717, 1.165) is 11.8 Å². The van der Waals surface area contributed by atoms with Crippen LogP contribution in [0.25, 0.3) is 0 Å². The molecule has 0 radical (unpaired) electrons. The van der Waals surface area contributed by atoms with E-state index in [-0.39, 0.29) is 12.3 Å². The molecule has 2 aromatic carbocycles. The van der Waals surface area contributed by atoms with Crippen LogP contribution in [0.2, 0.25) is 0 Å². The second-order valence-electron chi connectivity index (χ2n) is 7.29. The maximum atomic E-state index is 14.1. The van der Waals surface area contributed by atoms with Crippen molar-refractivity contribution >= 4 is 23.0 Å². The molecule has 0 aliphatic rings. The minimum absolute atomic E-state index is 0.198. The van der Waals surface area contributed by atoms with Gasteiger partial charge in [0.2, 0.25) is 0 Å². The maximum Gasteiger partial charge on any atom is 0.149 e. The topological polar surface area (TPSA) is 73.8 Å². The predicted molar refractivity (Wildman–Crippen MR) is 116 cm³/mol. The van der Waals surface area contributed by atoms with Crippen LogP contribution in [0.3, 0.4) is 0 Å². The molecular weight excluding hydrogens is 404 g/mol. The van der Waals surface area contributed by atoms with Crippen LogP contribution in [0.1, 0.15) is 0 Å². The summed E-state index contributed by atoms with van der Waals surface area (Å²) in [5, 5.41) is 13.0. The zero-order valence-electron chi connectivity index (χ0n) is 17.6. The molecule has 9 heteroatoms. The van der Waals surface area contributed by atoms with Gasteiger partial charge in [0.1, 0.15) is 48.1 Å². The molecule has 0 fully saturated rings. The molecule has 1 aromatic heterocycles. The number of anilines is 4. The number of aromatic nitrogens is 2. The highest BCUT2D eigenvalue weighted by molar-refractivity contribution is 5.65. The molecule has 0 spiro atoms. The van der Waals surface area contributed by atoms with Crippen molar-refractivity contribution in [1.29, 1.82) is 0 Å². The van der Waals surface area contributed by atoms with E-state index in [4.69, 9.17) is 4.74 Å². The Bertz CT molecular complexity index is 1000. The molecule has 3 rings (SSSR count). The Labute approximate surface area is 179 Å². The third-order valence-corrected chi connectivity index (χ3v) is 4.41. The van der Waals surface area contributed by atoms with Crippen molar-refractivity contribution in [2.45, 2.75) is 6.10 Å². The van der Waals surface area contributed by atoms with Crippen LogP contribution >= 0.6 is 0 Å². The molecule has 1 unspecified atom stereocenters. The van der Waals surface area contributed by atoms with Gasteiger partial charge in [0.05, 0.1) is 5.69 Å². The summed E-state index contributed by atoms with van der Waals surface area (Å²) in [4.78, 5) is 11.7. The van der Waals surface area contributed by atoms with Gasteiger partial charge in [-0.3, -0.25) is 0 Å². The molecule has 1 atom stereocenters. The van der Waals surface area contributed by atoms with Crippen molar-refractivity contribution in [1.82, 2.24) is 14.9 Å². The van der Waals surface area contributed by atoms with Gasteiger partial charge in [-0.25, -0.2) is 18.7 Å². The first kappa shape index (κ1) is 22.4. The van der Waals surface area contributed by atoms with Gasteiger partial charge in [0.15, 0.2) is 0 Å². The van der Waals surface area contributed by atoms with E-state index < -0.39 is 17.7 Å². The average molecular weight is 429 g/mol. The number of hydrogen-bond acceptors (Lipinski definition) is 7. The summed E-state index contributed by atoms with van der Waals surface area (Å²) in [5.74, 6) is 0.270. The Kier molecular flexibility index (Phi) is 7.32. The van der Waals surface area contributed by atoms with Crippen molar-refractivity contribution in [3.63, 3.8) is 0 Å². The lowest BCUT2D eigenvalue weighted by atomic mass is 10.2. The van der Waals surface area contributed by atoms with E-state index in [1.165, 1.54) is 23.4 Å². The van der Waals surface area contributed by atoms with E-state index in [0.29, 0.717) is 23.9 Å². The third-order valence-electron chi connectivity index (χ3n) is 4.41. The summed E-state index contributed by atoms with van der Waals surface area (Å²) in [5.41, 5.74) is 0.963. The molecule has 0 bridgehead atoms. The Hall–Kier alpha value is -3.30. The molecule has 164 valence electrons. The van der Waals surface area contributed by atoms with Crippen molar-refractivity contribution in [3.8, 4) is 5.75 Å². The fourth-order valence-electron chi connectivity index (χ4n) is 2.92. The first-order chi connectivity index (χ1) is 14.8. The third kappa shape index (κ3) is 6.34. The maximum absolute atomic E-state index is 14.1. The Balaban J connectivity index is 1.64. The largest absolute Gasteiger partial charge is 0.491 e. The van der Waals surface area contributed by atoms with Gasteiger partial charge in [0.25, 0.3) is 0 Å². The van der Waals surface area contributed by atoms with Crippen LogP contribution in [0, 0.1) is 11.6 Å². The van der Waals surface area contributed by atoms with E-state index in [9.17, 15) is 13.9 Å². The number of benzene rings is 2. The molecule has 1 heterocycles. The van der Waals surface area contributed by atoms with Gasteiger partial charge in [-0.05, 0) is 50.5 Å². The zero-order chi connectivity index (χ0) is 22.4. The van der Waals surface area contributed by atoms with Crippen LogP contribution < -0.4 is 15.0 Å². The highest BCUT2D eigenvalue weighted by Crippen LogP contribution is 2.27. The quantitative estimate of drug-likeness (QED) is 0.539. The summed E-state index contributed by atoms with van der Waals surface area (Å²) in [6.07, 6.45) is 0.786. The Morgan fingerprint density at radius 2 is 1.77 bits per heavy atom. The molecule has 2 N–H and O–H groups in total. The van der Waals surface area contributed by atoms with Crippen LogP contribution in [-0.2, 0) is 0 Å². The van der Waals surface area contributed by atoms with Crippen LogP contribution in [0.4, 0.5) is 31.8 Å². The normalized spacial score (nSPS) is 12.0. The number of aliphatic hydroxyl groups is 1. The van der Waals surface area contributed by atoms with Gasteiger partial charge in [0, 0.05) is 31.4 Å². The van der Waals surface area contributed by atoms with Gasteiger partial charge in [-0.15, -0.1) is 0 Å². The summed E-state index contributed by atoms with van der Waals surface area (Å²) < 4.78 is 32.8. The first-order valence-electron chi connectivity index (χ1n) is 9.65. The molecule has 0 aliphatic carbocycles. The minimum Gasteiger partial charge on any atom is -0.491 e. The van der Waals surface area contributed by atoms with Crippen LogP contribution in [0.15, 0.2) is 54.9 Å². The van der Waals surface area contributed by atoms with Crippen molar-refractivity contribution < 1.29 is 18.6 Å². The van der Waals surface area contributed by atoms with Crippen molar-refractivity contribution in [3.05, 3.63) is 66.5 Å². The van der Waals surface area contributed by atoms with Crippen molar-refractivity contribution in [2.24, 2.45) is 0 Å². The van der Waals surface area contributed by atoms with E-state index >= 15 is 0 Å². The van der Waals surface area contributed by atoms with Gasteiger partial charge in [-0.2, -0.15) is 0 Å². The molecule has 0 saturated heterocycles. The first-order valence-corrected chi connectivity index (χ1v) is 9.65. The fraction of sp³-hybridized carbons (Fsp3) is 0.273. The molecular formula is C22H25F2N5O2. The number of hydrogen-bond donors (Lipinski definition) is 2. The highest BCUT2D eigenvalue weighted by Gasteiger charge is 2.13. The Morgan fingerprint density at radius 3 is 2.45 bits per heavy atom. The van der Waals surface area contributed by atoms with Crippen LogP contribution in [0.5, 0.6) is 5.75 Å². The number of halogens is 2. The molecule has 7 nitrogen and oxygen atoms in total. The van der Waals surface area contributed by atoms with Crippen LogP contribution in [-0.4, -0.2) is 60.4 Å². The zero-order valence-corrected chi connectivity index (χ0v) is 17.6. The molecule has 3 aromatic rings. The number of aliphatic hydroxyl groups excluding tert-OH is 1. The predicted octanol–water partition coefficient (Wildman–Crippen LogP) is 3.57. The lowest BCUT2D eigenvalue weighted by Crippen LogP contribution is -2.30. The molecule has 0 aliphatic heterocycles. The lowest BCUT2D eigenvalue weighted by molar-refractivity contribution is 0.0831. The summed E-state index contributed by atoms with van der Waals surface area (Å²) in [6, 6.07) is 12.2. The number of nitrogens with one attached hydrogen (secondary N) is 1. The van der Waals surface area contributed by atoms with Crippen molar-refractivity contribution in [2.75, 3.05) is 44.5 Å². The number of ether oxygens (including phenoxy) is 1. The molecule has 31 heavy (non-hydrogen) atoms. The number of rotatable bonds is 9. The SMILES string of the molecule is CN(C)CC(O)COc1ccc(Nc2cc(N(C)c3ccc(F)cc3F)ncn2)cc1. The minimum atomic E-state index is -0.679. The average Bonchev–Trinajstić information content (AvgIpc) is 2.72. The van der Waals surface area contributed by atoms with E-state index in [2.05, 4.69) is 15.3 Å². The number of likely N-dealkylation sites (N-methyl/N-ethyl adjacent to an activating group) is 1. The van der Waals surface area contributed by atoms with Gasteiger partial charge < -0.3 is 25.0 Å². The van der Waals surface area contributed by atoms with Gasteiger partial charge >= 0.3 is 0 Å². The standard InChI is InChI=1S/C22H25F2N5O2/c1-28(2)12-17(30)13-31-18-7-5-16(6-8-18)27-21-11-22(26-14-25-21)29(3)20-9-4-15(23)10-19(20)24/h4-11,14,17,30H,12-13H2,1-3H3,(H,25,26,27). The Morgan fingerprint density at radius 1 is 1.03 bits per heavy atom. The second kappa shape index (κ2) is 10.1. The lowest BCUT2D eigenvalue weighted by Gasteiger charge is -2.19. The van der Waals surface area contributed by atoms with E-state index in [1.807, 2.05) is 31.1 Å². The monoisotopic (exact) mass is 429 g/mol. The number of nitrogens with zero attached hydrogens (tertiary/aromatic N) is 4. The van der Waals surface area contributed by atoms with E-state index in [1.54, 1.807) is 25.2 Å².